The summed E-state index contributed by atoms with van der Waals surface area (Å²) in [6.45, 7) is 4.96. The first-order chi connectivity index (χ1) is 8.63. The number of hydrogen-bond acceptors (Lipinski definition) is 2. The largest absolute Gasteiger partial charge is 0.384 e. The molecule has 1 aromatic rings. The number of hydrogen-bond donors (Lipinski definition) is 1. The predicted octanol–water partition coefficient (Wildman–Crippen LogP) is 2.53. The number of fused-ring (bicyclic) bond motifs is 1. The van der Waals surface area contributed by atoms with Crippen LogP contribution in [-0.2, 0) is 11.2 Å². The maximum atomic E-state index is 12.4. The van der Waals surface area contributed by atoms with Crippen LogP contribution in [-0.4, -0.2) is 30.4 Å². The second-order valence-corrected chi connectivity index (χ2v) is 5.15. The summed E-state index contributed by atoms with van der Waals surface area (Å²) in [4.78, 5) is 14.3. The molecule has 0 aromatic heterocycles. The molecule has 1 aliphatic rings. The number of nitrogens with one attached hydrogen (secondary N) is 1. The van der Waals surface area contributed by atoms with Crippen molar-refractivity contribution in [2.75, 3.05) is 18.9 Å². The highest BCUT2D eigenvalue weighted by molar-refractivity contribution is 5.81. The van der Waals surface area contributed by atoms with Gasteiger partial charge in [-0.2, -0.15) is 0 Å². The summed E-state index contributed by atoms with van der Waals surface area (Å²) in [5, 5.41) is 3.36. The molecule has 0 bridgehead atoms. The fourth-order valence-electron chi connectivity index (χ4n) is 2.40. The summed E-state index contributed by atoms with van der Waals surface area (Å²) in [5.41, 5.74) is 2.42. The van der Waals surface area contributed by atoms with Gasteiger partial charge in [0.15, 0.2) is 0 Å². The van der Waals surface area contributed by atoms with Gasteiger partial charge >= 0.3 is 0 Å². The monoisotopic (exact) mass is 246 g/mol. The number of anilines is 1. The molecule has 0 radical (unpaired) electrons. The Kier molecular flexibility index (Phi) is 3.90. The minimum absolute atomic E-state index is 0.0684. The zero-order chi connectivity index (χ0) is 13.1. The smallest absolute Gasteiger partial charge is 0.227 e. The molecule has 0 fully saturated rings. The number of rotatable bonds is 3. The van der Waals surface area contributed by atoms with Gasteiger partial charge < -0.3 is 10.2 Å². The van der Waals surface area contributed by atoms with Crippen molar-refractivity contribution in [2.45, 2.75) is 32.7 Å². The SMILES string of the molecule is CCC(C)N(C)C(=O)C1CNc2ccccc2C1. The lowest BCUT2D eigenvalue weighted by atomic mass is 9.92. The molecule has 1 amide bonds. The predicted molar refractivity (Wildman–Crippen MR) is 74.6 cm³/mol. The van der Waals surface area contributed by atoms with Crippen LogP contribution in [0.15, 0.2) is 24.3 Å². The first-order valence-corrected chi connectivity index (χ1v) is 6.72. The number of amides is 1. The van der Waals surface area contributed by atoms with Crippen LogP contribution in [0.4, 0.5) is 5.69 Å². The number of para-hydroxylation sites is 1. The van der Waals surface area contributed by atoms with Crippen molar-refractivity contribution in [3.05, 3.63) is 29.8 Å². The van der Waals surface area contributed by atoms with Gasteiger partial charge in [-0.3, -0.25) is 4.79 Å². The first kappa shape index (κ1) is 12.9. The highest BCUT2D eigenvalue weighted by atomic mass is 16.2. The maximum absolute atomic E-state index is 12.4. The molecule has 3 nitrogen and oxygen atoms in total. The molecule has 0 aliphatic carbocycles. The molecule has 0 saturated carbocycles. The van der Waals surface area contributed by atoms with E-state index in [2.05, 4.69) is 31.3 Å². The molecule has 3 heteroatoms. The van der Waals surface area contributed by atoms with Gasteiger partial charge in [0, 0.05) is 25.3 Å². The summed E-state index contributed by atoms with van der Waals surface area (Å²) < 4.78 is 0. The fraction of sp³-hybridized carbons (Fsp3) is 0.533. The zero-order valence-corrected chi connectivity index (χ0v) is 11.4. The third-order valence-electron chi connectivity index (χ3n) is 3.97. The van der Waals surface area contributed by atoms with Crippen molar-refractivity contribution >= 4 is 11.6 Å². The van der Waals surface area contributed by atoms with Gasteiger partial charge in [0.25, 0.3) is 0 Å². The molecule has 1 aromatic carbocycles. The van der Waals surface area contributed by atoms with Crippen LogP contribution in [0.5, 0.6) is 0 Å². The third-order valence-corrected chi connectivity index (χ3v) is 3.97. The van der Waals surface area contributed by atoms with Crippen LogP contribution in [0.1, 0.15) is 25.8 Å². The van der Waals surface area contributed by atoms with Gasteiger partial charge in [0.1, 0.15) is 0 Å². The molecule has 2 unspecified atom stereocenters. The average molecular weight is 246 g/mol. The topological polar surface area (TPSA) is 32.3 Å². The summed E-state index contributed by atoms with van der Waals surface area (Å²) in [7, 11) is 1.91. The van der Waals surface area contributed by atoms with E-state index in [1.165, 1.54) is 11.3 Å². The molecular formula is C15H22N2O. The van der Waals surface area contributed by atoms with Crippen LogP contribution in [0.2, 0.25) is 0 Å². The molecule has 1 heterocycles. The van der Waals surface area contributed by atoms with Gasteiger partial charge in [-0.05, 0) is 31.4 Å². The van der Waals surface area contributed by atoms with Crippen LogP contribution in [0, 0.1) is 5.92 Å². The molecule has 2 atom stereocenters. The van der Waals surface area contributed by atoms with E-state index < -0.39 is 0 Å². The van der Waals surface area contributed by atoms with Crippen molar-refractivity contribution in [1.29, 1.82) is 0 Å². The van der Waals surface area contributed by atoms with E-state index in [9.17, 15) is 4.79 Å². The van der Waals surface area contributed by atoms with Crippen molar-refractivity contribution in [3.8, 4) is 0 Å². The van der Waals surface area contributed by atoms with E-state index in [4.69, 9.17) is 0 Å². The minimum atomic E-state index is 0.0684. The standard InChI is InChI=1S/C15H22N2O/c1-4-11(2)17(3)15(18)13-9-12-7-5-6-8-14(12)16-10-13/h5-8,11,13,16H,4,9-10H2,1-3H3. The minimum Gasteiger partial charge on any atom is -0.384 e. The molecule has 1 aliphatic heterocycles. The lowest BCUT2D eigenvalue weighted by Gasteiger charge is -2.31. The molecular weight excluding hydrogens is 224 g/mol. The summed E-state index contributed by atoms with van der Waals surface area (Å²) in [6, 6.07) is 8.56. The van der Waals surface area contributed by atoms with Gasteiger partial charge in [-0.1, -0.05) is 25.1 Å². The molecule has 1 N–H and O–H groups in total. The third kappa shape index (κ3) is 2.50. The molecule has 98 valence electrons. The van der Waals surface area contributed by atoms with Gasteiger partial charge in [-0.15, -0.1) is 0 Å². The Hall–Kier alpha value is -1.51. The van der Waals surface area contributed by atoms with Crippen molar-refractivity contribution in [2.24, 2.45) is 5.92 Å². The Morgan fingerprint density at radius 1 is 1.50 bits per heavy atom. The van der Waals surface area contributed by atoms with Crippen molar-refractivity contribution in [1.82, 2.24) is 4.90 Å². The highest BCUT2D eigenvalue weighted by Crippen LogP contribution is 2.25. The normalized spacial score (nSPS) is 19.6. The molecule has 0 spiro atoms. The second kappa shape index (κ2) is 5.42. The Labute approximate surface area is 109 Å². The Balaban J connectivity index is 2.07. The molecule has 0 saturated heterocycles. The number of carbonyl (C=O) groups is 1. The summed E-state index contributed by atoms with van der Waals surface area (Å²) >= 11 is 0. The lowest BCUT2D eigenvalue weighted by molar-refractivity contribution is -0.135. The van der Waals surface area contributed by atoms with Crippen LogP contribution >= 0.6 is 0 Å². The Morgan fingerprint density at radius 2 is 2.22 bits per heavy atom. The van der Waals surface area contributed by atoms with E-state index in [0.717, 1.165) is 19.4 Å². The number of nitrogens with zero attached hydrogens (tertiary/aromatic N) is 1. The first-order valence-electron chi connectivity index (χ1n) is 6.72. The van der Waals surface area contributed by atoms with Crippen LogP contribution in [0.3, 0.4) is 0 Å². The van der Waals surface area contributed by atoms with Crippen LogP contribution in [0.25, 0.3) is 0 Å². The van der Waals surface area contributed by atoms with Gasteiger partial charge in [0.2, 0.25) is 5.91 Å². The van der Waals surface area contributed by atoms with E-state index in [-0.39, 0.29) is 11.8 Å². The van der Waals surface area contributed by atoms with Crippen molar-refractivity contribution < 1.29 is 4.79 Å². The summed E-state index contributed by atoms with van der Waals surface area (Å²) in [5.74, 6) is 0.324. The Morgan fingerprint density at radius 3 is 2.94 bits per heavy atom. The van der Waals surface area contributed by atoms with E-state index >= 15 is 0 Å². The van der Waals surface area contributed by atoms with Gasteiger partial charge in [-0.25, -0.2) is 0 Å². The number of carbonyl (C=O) groups excluding carboxylic acids is 1. The van der Waals surface area contributed by atoms with E-state index in [1.54, 1.807) is 0 Å². The Bertz CT molecular complexity index is 430. The fourth-order valence-corrected chi connectivity index (χ4v) is 2.40. The zero-order valence-electron chi connectivity index (χ0n) is 11.4. The highest BCUT2D eigenvalue weighted by Gasteiger charge is 2.27. The second-order valence-electron chi connectivity index (χ2n) is 5.15. The quantitative estimate of drug-likeness (QED) is 0.889. The summed E-state index contributed by atoms with van der Waals surface area (Å²) in [6.07, 6.45) is 1.85. The molecule has 18 heavy (non-hydrogen) atoms. The number of benzene rings is 1. The average Bonchev–Trinajstić information content (AvgIpc) is 2.44. The van der Waals surface area contributed by atoms with E-state index in [0.29, 0.717) is 6.04 Å². The lowest BCUT2D eigenvalue weighted by Crippen LogP contribution is -2.43. The van der Waals surface area contributed by atoms with Crippen LogP contribution < -0.4 is 5.32 Å². The van der Waals surface area contributed by atoms with Gasteiger partial charge in [0.05, 0.1) is 5.92 Å². The maximum Gasteiger partial charge on any atom is 0.227 e. The van der Waals surface area contributed by atoms with E-state index in [1.807, 2.05) is 24.1 Å². The molecule has 2 rings (SSSR count). The van der Waals surface area contributed by atoms with Crippen molar-refractivity contribution in [3.63, 3.8) is 0 Å².